The van der Waals surface area contributed by atoms with Crippen LogP contribution in [0.25, 0.3) is 0 Å². The Kier molecular flexibility index (Phi) is 4.08. The number of rotatable bonds is 0. The third-order valence-electron chi connectivity index (χ3n) is 1.82. The van der Waals surface area contributed by atoms with Gasteiger partial charge in [-0.1, -0.05) is 14.4 Å². The molecule has 0 aromatic heterocycles. The van der Waals surface area contributed by atoms with Crippen molar-refractivity contribution in [2.24, 2.45) is 5.92 Å². The topological polar surface area (TPSA) is 29.1 Å². The first-order valence-corrected chi connectivity index (χ1v) is 3.56. The molecule has 0 bridgehead atoms. The third-order valence-corrected chi connectivity index (χ3v) is 1.82. The minimum Gasteiger partial charge on any atom is -0.356 e. The second-order valence-corrected chi connectivity index (χ2v) is 2.78. The molecule has 1 atom stereocenters. The molecule has 0 spiro atoms. The van der Waals surface area contributed by atoms with E-state index >= 15 is 0 Å². The lowest BCUT2D eigenvalue weighted by atomic mass is 10.0. The van der Waals surface area contributed by atoms with Gasteiger partial charge >= 0.3 is 0 Å². The first-order valence-electron chi connectivity index (χ1n) is 3.56. The number of carbonyl (C=O) groups excluding carboxylic acids is 1. The molecule has 0 aromatic carbocycles. The Bertz CT molecular complexity index is 112. The van der Waals surface area contributed by atoms with Gasteiger partial charge in [0.1, 0.15) is 0 Å². The van der Waals surface area contributed by atoms with Crippen molar-refractivity contribution in [3.63, 3.8) is 0 Å². The van der Waals surface area contributed by atoms with E-state index in [9.17, 15) is 4.79 Å². The van der Waals surface area contributed by atoms with E-state index in [1.807, 2.05) is 0 Å². The first kappa shape index (κ1) is 9.47. The summed E-state index contributed by atoms with van der Waals surface area (Å²) in [4.78, 5) is 10.7. The van der Waals surface area contributed by atoms with Gasteiger partial charge in [0.05, 0.1) is 0 Å². The Balaban J connectivity index is 0.000000810. The molecule has 1 aliphatic rings. The molecule has 0 saturated carbocycles. The largest absolute Gasteiger partial charge is 0.356 e. The van der Waals surface area contributed by atoms with Crippen LogP contribution in [0.2, 0.25) is 0 Å². The zero-order valence-electron chi connectivity index (χ0n) is 5.81. The van der Waals surface area contributed by atoms with Crippen molar-refractivity contribution in [1.29, 1.82) is 0 Å². The maximum absolute atomic E-state index is 10.7. The predicted molar refractivity (Wildman–Crippen MR) is 42.8 cm³/mol. The summed E-state index contributed by atoms with van der Waals surface area (Å²) >= 11 is 0. The summed E-state index contributed by atoms with van der Waals surface area (Å²) in [5.74, 6) is 0.948. The molecule has 1 heterocycles. The molecular weight excluding hydrogens is 126 g/mol. The summed E-state index contributed by atoms with van der Waals surface area (Å²) in [6.07, 6.45) is 2.93. The van der Waals surface area contributed by atoms with Gasteiger partial charge in [-0.15, -0.1) is 0 Å². The van der Waals surface area contributed by atoms with Crippen LogP contribution >= 0.6 is 0 Å². The van der Waals surface area contributed by atoms with Gasteiger partial charge in [0.15, 0.2) is 0 Å². The molecule has 0 aromatic rings. The normalized spacial score (nSPS) is 26.1. The molecule has 0 aliphatic carbocycles. The van der Waals surface area contributed by atoms with E-state index in [1.165, 1.54) is 0 Å². The molecule has 10 heavy (non-hydrogen) atoms. The van der Waals surface area contributed by atoms with Crippen LogP contribution in [0, 0.1) is 5.92 Å². The van der Waals surface area contributed by atoms with Gasteiger partial charge in [-0.05, 0) is 18.8 Å². The Hall–Kier alpha value is -0.530. The highest BCUT2D eigenvalue weighted by atomic mass is 16.1. The Morgan fingerprint density at radius 1 is 1.50 bits per heavy atom. The maximum Gasteiger partial charge on any atom is 0.220 e. The van der Waals surface area contributed by atoms with Crippen molar-refractivity contribution in [2.45, 2.75) is 33.6 Å². The fraction of sp³-hybridized carbons (Fsp3) is 0.875. The molecule has 0 radical (unpaired) electrons. The number of carbonyl (C=O) groups is 1. The van der Waals surface area contributed by atoms with Crippen LogP contribution in [0.15, 0.2) is 0 Å². The molecule has 60 valence electrons. The Morgan fingerprint density at radius 3 is 2.90 bits per heavy atom. The highest BCUT2D eigenvalue weighted by Crippen LogP contribution is 2.11. The zero-order valence-corrected chi connectivity index (χ0v) is 5.81. The van der Waals surface area contributed by atoms with Crippen LogP contribution in [0.5, 0.6) is 0 Å². The van der Waals surface area contributed by atoms with Crippen LogP contribution in [-0.4, -0.2) is 12.5 Å². The summed E-state index contributed by atoms with van der Waals surface area (Å²) < 4.78 is 0. The van der Waals surface area contributed by atoms with Crippen molar-refractivity contribution in [1.82, 2.24) is 5.32 Å². The number of amides is 1. The van der Waals surface area contributed by atoms with Crippen LogP contribution < -0.4 is 5.32 Å². The van der Waals surface area contributed by atoms with Gasteiger partial charge in [0.2, 0.25) is 5.91 Å². The fourth-order valence-corrected chi connectivity index (χ4v) is 1.07. The van der Waals surface area contributed by atoms with E-state index in [0.717, 1.165) is 31.7 Å². The lowest BCUT2D eigenvalue weighted by molar-refractivity contribution is -0.120. The summed E-state index contributed by atoms with van der Waals surface area (Å²) in [6.45, 7) is 3.07. The molecule has 1 aliphatic heterocycles. The predicted octanol–water partition coefficient (Wildman–Crippen LogP) is 1.56. The van der Waals surface area contributed by atoms with Crippen molar-refractivity contribution >= 4 is 5.91 Å². The summed E-state index contributed by atoms with van der Waals surface area (Å²) in [6, 6.07) is 0. The lowest BCUT2D eigenvalue weighted by Gasteiger charge is -2.01. The van der Waals surface area contributed by atoms with Crippen molar-refractivity contribution in [3.05, 3.63) is 0 Å². The fourth-order valence-electron chi connectivity index (χ4n) is 1.07. The molecule has 1 fully saturated rings. The average Bonchev–Trinajstić information content (AvgIpc) is 1.97. The second kappa shape index (κ2) is 4.31. The Labute approximate surface area is 63.0 Å². The van der Waals surface area contributed by atoms with E-state index in [4.69, 9.17) is 0 Å². The van der Waals surface area contributed by atoms with Crippen molar-refractivity contribution in [3.8, 4) is 0 Å². The zero-order chi connectivity index (χ0) is 6.69. The van der Waals surface area contributed by atoms with Crippen LogP contribution in [0.4, 0.5) is 0 Å². The van der Waals surface area contributed by atoms with Crippen LogP contribution in [-0.2, 0) is 4.79 Å². The van der Waals surface area contributed by atoms with Crippen LogP contribution in [0.1, 0.15) is 33.6 Å². The van der Waals surface area contributed by atoms with E-state index in [2.05, 4.69) is 12.2 Å². The molecule has 2 nitrogen and oxygen atoms in total. The van der Waals surface area contributed by atoms with Crippen molar-refractivity contribution < 1.29 is 4.79 Å². The van der Waals surface area contributed by atoms with E-state index in [1.54, 1.807) is 0 Å². The van der Waals surface area contributed by atoms with E-state index in [-0.39, 0.29) is 13.3 Å². The summed E-state index contributed by atoms with van der Waals surface area (Å²) in [5.41, 5.74) is 0. The van der Waals surface area contributed by atoms with Gasteiger partial charge in [0, 0.05) is 13.0 Å². The van der Waals surface area contributed by atoms with Gasteiger partial charge in [-0.2, -0.15) is 0 Å². The first-order chi connectivity index (χ1) is 4.29. The van der Waals surface area contributed by atoms with Gasteiger partial charge in [0.25, 0.3) is 0 Å². The van der Waals surface area contributed by atoms with E-state index < -0.39 is 0 Å². The average molecular weight is 143 g/mol. The molecule has 1 amide bonds. The quantitative estimate of drug-likeness (QED) is 0.547. The minimum absolute atomic E-state index is 0. The third kappa shape index (κ3) is 2.85. The second-order valence-electron chi connectivity index (χ2n) is 2.78. The van der Waals surface area contributed by atoms with E-state index in [0.29, 0.717) is 0 Å². The monoisotopic (exact) mass is 143 g/mol. The van der Waals surface area contributed by atoms with Crippen LogP contribution in [0.3, 0.4) is 0 Å². The SMILES string of the molecule is C.CC1CCNC(=O)CC1. The smallest absolute Gasteiger partial charge is 0.220 e. The minimum atomic E-state index is 0. The standard InChI is InChI=1S/C7H13NO.CH4/c1-6-2-3-7(9)8-5-4-6;/h6H,2-5H2,1H3,(H,8,9);1H4. The number of hydrogen-bond donors (Lipinski definition) is 1. The van der Waals surface area contributed by atoms with Gasteiger partial charge in [-0.3, -0.25) is 4.79 Å². The van der Waals surface area contributed by atoms with Gasteiger partial charge in [-0.25, -0.2) is 0 Å². The highest BCUT2D eigenvalue weighted by Gasteiger charge is 2.10. The molecule has 1 saturated heterocycles. The number of hydrogen-bond acceptors (Lipinski definition) is 1. The van der Waals surface area contributed by atoms with Crippen molar-refractivity contribution in [2.75, 3.05) is 6.54 Å². The Morgan fingerprint density at radius 2 is 2.20 bits per heavy atom. The molecule has 1 rings (SSSR count). The molecule has 1 unspecified atom stereocenters. The molecule has 1 N–H and O–H groups in total. The lowest BCUT2D eigenvalue weighted by Crippen LogP contribution is -2.21. The molecule has 2 heteroatoms. The maximum atomic E-state index is 10.7. The van der Waals surface area contributed by atoms with Gasteiger partial charge < -0.3 is 5.32 Å². The molecular formula is C8H17NO. The summed E-state index contributed by atoms with van der Waals surface area (Å²) in [7, 11) is 0. The number of nitrogens with one attached hydrogen (secondary N) is 1. The highest BCUT2D eigenvalue weighted by molar-refractivity contribution is 5.76. The summed E-state index contributed by atoms with van der Waals surface area (Å²) in [5, 5.41) is 2.84.